The van der Waals surface area contributed by atoms with Crippen LogP contribution in [0.25, 0.3) is 0 Å². The highest BCUT2D eigenvalue weighted by molar-refractivity contribution is 4.87. The number of rotatable bonds is 3. The van der Waals surface area contributed by atoms with Gasteiger partial charge in [-0.15, -0.1) is 0 Å². The zero-order valence-electron chi connectivity index (χ0n) is 5.87. The van der Waals surface area contributed by atoms with Crippen LogP contribution in [0.3, 0.4) is 0 Å². The molecule has 0 aliphatic heterocycles. The molecule has 3 atom stereocenters. The Morgan fingerprint density at radius 1 is 1.40 bits per heavy atom. The molecule has 0 bridgehead atoms. The van der Waals surface area contributed by atoms with E-state index in [4.69, 9.17) is 0 Å². The summed E-state index contributed by atoms with van der Waals surface area (Å²) < 4.78 is 48.4. The Labute approximate surface area is 57.2 Å². The van der Waals surface area contributed by atoms with Crippen LogP contribution in [0.1, 0.15) is 13.8 Å². The molecule has 0 heterocycles. The average molecular weight is 158 g/mol. The van der Waals surface area contributed by atoms with Gasteiger partial charge in [-0.2, -0.15) is 0 Å². The standard InChI is InChI=1S/C6H10F4/c1-4(8)6(2,10)5(9)3-7/h4-5H,3H2,1-2H3. The third-order valence-electron chi connectivity index (χ3n) is 1.53. The van der Waals surface area contributed by atoms with Gasteiger partial charge in [0.25, 0.3) is 0 Å². The smallest absolute Gasteiger partial charge is 0.172 e. The van der Waals surface area contributed by atoms with Crippen molar-refractivity contribution in [2.75, 3.05) is 6.67 Å². The van der Waals surface area contributed by atoms with E-state index in [1.54, 1.807) is 0 Å². The SMILES string of the molecule is CC(F)C(C)(F)C(F)CF. The van der Waals surface area contributed by atoms with Gasteiger partial charge >= 0.3 is 0 Å². The minimum absolute atomic E-state index is 0.710. The van der Waals surface area contributed by atoms with Gasteiger partial charge in [0.15, 0.2) is 11.8 Å². The molecule has 0 aliphatic rings. The predicted molar refractivity (Wildman–Crippen MR) is 31.0 cm³/mol. The van der Waals surface area contributed by atoms with Crippen LogP contribution < -0.4 is 0 Å². The molecule has 0 N–H and O–H groups in total. The molecule has 0 nitrogen and oxygen atoms in total. The van der Waals surface area contributed by atoms with Gasteiger partial charge in [-0.25, -0.2) is 17.6 Å². The van der Waals surface area contributed by atoms with Crippen molar-refractivity contribution in [1.82, 2.24) is 0 Å². The molecule has 10 heavy (non-hydrogen) atoms. The van der Waals surface area contributed by atoms with E-state index < -0.39 is 24.7 Å². The Morgan fingerprint density at radius 3 is 1.90 bits per heavy atom. The van der Waals surface area contributed by atoms with Crippen LogP contribution in [0.5, 0.6) is 0 Å². The molecule has 0 saturated heterocycles. The zero-order valence-corrected chi connectivity index (χ0v) is 5.87. The van der Waals surface area contributed by atoms with Crippen LogP contribution in [-0.4, -0.2) is 24.7 Å². The second-order valence-electron chi connectivity index (χ2n) is 2.39. The summed E-state index contributed by atoms with van der Waals surface area (Å²) in [5.41, 5.74) is -2.70. The molecule has 0 radical (unpaired) electrons. The number of halogens is 4. The molecule has 0 saturated carbocycles. The Morgan fingerprint density at radius 2 is 1.80 bits per heavy atom. The number of hydrogen-bond donors (Lipinski definition) is 0. The van der Waals surface area contributed by atoms with E-state index in [0.717, 1.165) is 6.92 Å². The largest absolute Gasteiger partial charge is 0.248 e. The van der Waals surface area contributed by atoms with E-state index in [9.17, 15) is 17.6 Å². The molecule has 0 aromatic rings. The van der Waals surface area contributed by atoms with E-state index in [0.29, 0.717) is 6.92 Å². The fourth-order valence-electron chi connectivity index (χ4n) is 0.400. The summed E-state index contributed by atoms with van der Waals surface area (Å²) >= 11 is 0. The fourth-order valence-corrected chi connectivity index (χ4v) is 0.400. The monoisotopic (exact) mass is 158 g/mol. The lowest BCUT2D eigenvalue weighted by molar-refractivity contribution is -0.00995. The van der Waals surface area contributed by atoms with Crippen molar-refractivity contribution in [3.63, 3.8) is 0 Å². The number of hydrogen-bond acceptors (Lipinski definition) is 0. The first kappa shape index (κ1) is 9.72. The highest BCUT2D eigenvalue weighted by Crippen LogP contribution is 2.25. The second-order valence-corrected chi connectivity index (χ2v) is 2.39. The molecule has 3 unspecified atom stereocenters. The molecule has 4 heteroatoms. The van der Waals surface area contributed by atoms with Crippen molar-refractivity contribution < 1.29 is 17.6 Å². The first-order valence-corrected chi connectivity index (χ1v) is 2.96. The number of alkyl halides is 4. The van der Waals surface area contributed by atoms with Crippen molar-refractivity contribution in [3.8, 4) is 0 Å². The van der Waals surface area contributed by atoms with E-state index in [2.05, 4.69) is 0 Å². The zero-order chi connectivity index (χ0) is 8.36. The lowest BCUT2D eigenvalue weighted by Gasteiger charge is -2.23. The maximum Gasteiger partial charge on any atom is 0.172 e. The van der Waals surface area contributed by atoms with E-state index >= 15 is 0 Å². The van der Waals surface area contributed by atoms with E-state index in [1.165, 1.54) is 0 Å². The molecule has 0 fully saturated rings. The van der Waals surface area contributed by atoms with Crippen molar-refractivity contribution >= 4 is 0 Å². The van der Waals surface area contributed by atoms with Crippen LogP contribution in [-0.2, 0) is 0 Å². The Hall–Kier alpha value is -0.280. The van der Waals surface area contributed by atoms with Crippen molar-refractivity contribution in [2.45, 2.75) is 31.9 Å². The molecule has 0 rings (SSSR count). The normalized spacial score (nSPS) is 23.4. The Bertz CT molecular complexity index is 99.9. The van der Waals surface area contributed by atoms with Crippen LogP contribution >= 0.6 is 0 Å². The average Bonchev–Trinajstić information content (AvgIpc) is 1.86. The second kappa shape index (κ2) is 3.21. The molecular formula is C6H10F4. The van der Waals surface area contributed by atoms with Crippen molar-refractivity contribution in [3.05, 3.63) is 0 Å². The molecule has 0 aliphatic carbocycles. The summed E-state index contributed by atoms with van der Waals surface area (Å²) in [6, 6.07) is 0. The van der Waals surface area contributed by atoms with Gasteiger partial charge in [0, 0.05) is 0 Å². The van der Waals surface area contributed by atoms with Gasteiger partial charge in [-0.05, 0) is 13.8 Å². The summed E-state index contributed by atoms with van der Waals surface area (Å²) in [5, 5.41) is 0. The van der Waals surface area contributed by atoms with Crippen LogP contribution in [0.4, 0.5) is 17.6 Å². The minimum Gasteiger partial charge on any atom is -0.248 e. The lowest BCUT2D eigenvalue weighted by atomic mass is 9.99. The van der Waals surface area contributed by atoms with Gasteiger partial charge in [0.05, 0.1) is 0 Å². The van der Waals surface area contributed by atoms with Gasteiger partial charge in [0.1, 0.15) is 12.8 Å². The molecule has 62 valence electrons. The first-order chi connectivity index (χ1) is 4.42. The maximum absolute atomic E-state index is 12.6. The quantitative estimate of drug-likeness (QED) is 0.553. The predicted octanol–water partition coefficient (Wildman–Crippen LogP) is 2.38. The first-order valence-electron chi connectivity index (χ1n) is 2.96. The molecule has 0 spiro atoms. The Balaban J connectivity index is 4.09. The van der Waals surface area contributed by atoms with Gasteiger partial charge in [0.2, 0.25) is 0 Å². The summed E-state index contributed by atoms with van der Waals surface area (Å²) in [5.74, 6) is 0. The van der Waals surface area contributed by atoms with Crippen molar-refractivity contribution in [1.29, 1.82) is 0 Å². The topological polar surface area (TPSA) is 0 Å². The highest BCUT2D eigenvalue weighted by atomic mass is 19.2. The molecular weight excluding hydrogens is 148 g/mol. The molecule has 0 amide bonds. The summed E-state index contributed by atoms with van der Waals surface area (Å²) in [4.78, 5) is 0. The van der Waals surface area contributed by atoms with Crippen LogP contribution in [0, 0.1) is 0 Å². The fraction of sp³-hybridized carbons (Fsp3) is 1.00. The molecule has 0 aromatic carbocycles. The van der Waals surface area contributed by atoms with E-state index in [1.807, 2.05) is 0 Å². The molecule has 0 aromatic heterocycles. The van der Waals surface area contributed by atoms with Crippen molar-refractivity contribution in [2.24, 2.45) is 0 Å². The summed E-state index contributed by atoms with van der Waals surface area (Å²) in [7, 11) is 0. The summed E-state index contributed by atoms with van der Waals surface area (Å²) in [6.07, 6.45) is -4.36. The van der Waals surface area contributed by atoms with E-state index in [-0.39, 0.29) is 0 Å². The van der Waals surface area contributed by atoms with Crippen LogP contribution in [0.15, 0.2) is 0 Å². The minimum atomic E-state index is -2.70. The Kier molecular flexibility index (Phi) is 3.12. The van der Waals surface area contributed by atoms with Gasteiger partial charge in [-0.1, -0.05) is 0 Å². The van der Waals surface area contributed by atoms with Gasteiger partial charge in [-0.3, -0.25) is 0 Å². The lowest BCUT2D eigenvalue weighted by Crippen LogP contribution is -2.40. The maximum atomic E-state index is 12.6. The summed E-state index contributed by atoms with van der Waals surface area (Å²) in [6.45, 7) is 0.0887. The third-order valence-corrected chi connectivity index (χ3v) is 1.53. The van der Waals surface area contributed by atoms with Gasteiger partial charge < -0.3 is 0 Å². The van der Waals surface area contributed by atoms with Crippen LogP contribution in [0.2, 0.25) is 0 Å². The highest BCUT2D eigenvalue weighted by Gasteiger charge is 2.40. The third kappa shape index (κ3) is 1.85.